The lowest BCUT2D eigenvalue weighted by molar-refractivity contribution is -0.139. The second kappa shape index (κ2) is 10.8. The van der Waals surface area contributed by atoms with Crippen LogP contribution >= 0.6 is 0 Å². The third-order valence-electron chi connectivity index (χ3n) is 6.69. The fraction of sp³-hybridized carbons (Fsp3) is 0.312. The fourth-order valence-electron chi connectivity index (χ4n) is 4.16. The zero-order valence-electron chi connectivity index (χ0n) is 23.3. The van der Waals surface area contributed by atoms with E-state index < -0.39 is 17.9 Å². The number of hydrogen-bond acceptors (Lipinski definition) is 5. The molecule has 1 heterocycles. The molecule has 0 bridgehead atoms. The number of carbonyl (C=O) groups is 2. The first-order valence-corrected chi connectivity index (χ1v) is 13.0. The molecule has 1 amide bonds. The molecule has 0 radical (unpaired) electrons. The highest BCUT2D eigenvalue weighted by molar-refractivity contribution is 5.96. The van der Waals surface area contributed by atoms with E-state index in [0.29, 0.717) is 17.3 Å². The minimum atomic E-state index is -1.10. The van der Waals surface area contributed by atoms with Crippen molar-refractivity contribution in [3.05, 3.63) is 95.1 Å². The summed E-state index contributed by atoms with van der Waals surface area (Å²) in [4.78, 5) is 29.2. The van der Waals surface area contributed by atoms with Crippen molar-refractivity contribution in [2.75, 3.05) is 0 Å². The van der Waals surface area contributed by atoms with E-state index in [2.05, 4.69) is 69.1 Å². The summed E-state index contributed by atoms with van der Waals surface area (Å²) in [6, 6.07) is 21.5. The van der Waals surface area contributed by atoms with Crippen molar-refractivity contribution in [1.29, 1.82) is 0 Å². The minimum absolute atomic E-state index is 0.0362. The highest BCUT2D eigenvalue weighted by Gasteiger charge is 2.22. The van der Waals surface area contributed by atoms with Crippen LogP contribution in [0.15, 0.2) is 77.3 Å². The Labute approximate surface area is 229 Å². The van der Waals surface area contributed by atoms with Crippen molar-refractivity contribution >= 4 is 11.9 Å². The summed E-state index contributed by atoms with van der Waals surface area (Å²) in [6.45, 7) is 12.8. The Morgan fingerprint density at radius 1 is 0.795 bits per heavy atom. The van der Waals surface area contributed by atoms with Crippen molar-refractivity contribution in [1.82, 2.24) is 15.5 Å². The zero-order valence-corrected chi connectivity index (χ0v) is 23.3. The number of amides is 1. The predicted octanol–water partition coefficient (Wildman–Crippen LogP) is 6.42. The highest BCUT2D eigenvalue weighted by Crippen LogP contribution is 2.27. The summed E-state index contributed by atoms with van der Waals surface area (Å²) in [5.41, 5.74) is 5.10. The maximum atomic E-state index is 12.7. The van der Waals surface area contributed by atoms with Crippen molar-refractivity contribution in [3.63, 3.8) is 0 Å². The molecule has 7 heteroatoms. The first-order valence-electron chi connectivity index (χ1n) is 13.0. The Balaban J connectivity index is 1.42. The van der Waals surface area contributed by atoms with Crippen LogP contribution in [0.25, 0.3) is 22.8 Å². The summed E-state index contributed by atoms with van der Waals surface area (Å²) in [5.74, 6) is -0.648. The molecule has 7 nitrogen and oxygen atoms in total. The molecule has 4 rings (SSSR count). The molecule has 2 N–H and O–H groups in total. The lowest BCUT2D eigenvalue weighted by atomic mass is 9.86. The number of carboxylic acid groups (broad SMARTS) is 1. The van der Waals surface area contributed by atoms with E-state index in [1.807, 2.05) is 48.5 Å². The largest absolute Gasteiger partial charge is 0.480 e. The molecule has 0 saturated heterocycles. The van der Waals surface area contributed by atoms with Crippen LogP contribution in [0, 0.1) is 0 Å². The Morgan fingerprint density at radius 3 is 1.82 bits per heavy atom. The SMILES string of the molecule is CC(C)(C)c1ccc(C(=O)N[C@@H](Cc2ccc(-c3noc(-c4ccc(C(C)(C)C)cc4)n3)cc2)C(=O)O)cc1. The number of benzene rings is 3. The molecule has 0 fully saturated rings. The topological polar surface area (TPSA) is 105 Å². The average molecular weight is 526 g/mol. The Bertz CT molecular complexity index is 1440. The van der Waals surface area contributed by atoms with Gasteiger partial charge in [-0.3, -0.25) is 4.79 Å². The third-order valence-corrected chi connectivity index (χ3v) is 6.69. The van der Waals surface area contributed by atoms with Gasteiger partial charge in [0.2, 0.25) is 5.82 Å². The standard InChI is InChI=1S/C32H35N3O4/c1-31(2,3)24-15-11-22(12-16-24)28(36)33-26(30(37)38)19-20-7-9-21(10-8-20)27-34-29(39-35-27)23-13-17-25(18-14-23)32(4,5)6/h7-18,26H,19H2,1-6H3,(H,33,36)(H,37,38)/t26-/m0/s1. The zero-order chi connectivity index (χ0) is 28.4. The number of hydrogen-bond donors (Lipinski definition) is 2. The first-order chi connectivity index (χ1) is 18.3. The molecule has 0 aliphatic heterocycles. The minimum Gasteiger partial charge on any atom is -0.480 e. The second-order valence-electron chi connectivity index (χ2n) is 11.8. The molecular formula is C32H35N3O4. The van der Waals surface area contributed by atoms with Gasteiger partial charge in [-0.05, 0) is 51.8 Å². The molecule has 0 aliphatic carbocycles. The van der Waals surface area contributed by atoms with Crippen LogP contribution in [0.4, 0.5) is 0 Å². The number of nitrogens with zero attached hydrogens (tertiary/aromatic N) is 2. The normalized spacial score (nSPS) is 12.7. The van der Waals surface area contributed by atoms with Gasteiger partial charge in [0.05, 0.1) is 0 Å². The summed E-state index contributed by atoms with van der Waals surface area (Å²) in [6.07, 6.45) is 0.138. The Kier molecular flexibility index (Phi) is 7.72. The van der Waals surface area contributed by atoms with Gasteiger partial charge in [-0.1, -0.05) is 95.2 Å². The van der Waals surface area contributed by atoms with Crippen LogP contribution in [-0.4, -0.2) is 33.2 Å². The van der Waals surface area contributed by atoms with Crippen molar-refractivity contribution < 1.29 is 19.2 Å². The van der Waals surface area contributed by atoms with E-state index in [1.165, 1.54) is 5.56 Å². The Hall–Kier alpha value is -4.26. The fourth-order valence-corrected chi connectivity index (χ4v) is 4.16. The van der Waals surface area contributed by atoms with Gasteiger partial charge in [0.1, 0.15) is 6.04 Å². The van der Waals surface area contributed by atoms with Gasteiger partial charge in [-0.2, -0.15) is 4.98 Å². The lowest BCUT2D eigenvalue weighted by Crippen LogP contribution is -2.42. The summed E-state index contributed by atoms with van der Waals surface area (Å²) in [7, 11) is 0. The van der Waals surface area contributed by atoms with Crippen LogP contribution in [0.5, 0.6) is 0 Å². The number of aliphatic carboxylic acids is 1. The lowest BCUT2D eigenvalue weighted by Gasteiger charge is -2.19. The molecule has 1 atom stereocenters. The maximum Gasteiger partial charge on any atom is 0.326 e. The third kappa shape index (κ3) is 6.79. The van der Waals surface area contributed by atoms with Crippen LogP contribution in [0.1, 0.15) is 68.6 Å². The van der Waals surface area contributed by atoms with Gasteiger partial charge >= 0.3 is 5.97 Å². The molecule has 202 valence electrons. The van der Waals surface area contributed by atoms with Crippen molar-refractivity contribution in [2.45, 2.75) is 64.8 Å². The molecule has 0 unspecified atom stereocenters. The molecule has 0 aliphatic rings. The summed E-state index contributed by atoms with van der Waals surface area (Å²) in [5, 5.41) is 16.5. The van der Waals surface area contributed by atoms with E-state index in [1.54, 1.807) is 12.1 Å². The Morgan fingerprint density at radius 2 is 1.31 bits per heavy atom. The van der Waals surface area contributed by atoms with Gasteiger partial charge < -0.3 is 14.9 Å². The molecule has 4 aromatic rings. The molecule has 0 saturated carbocycles. The van der Waals surface area contributed by atoms with Gasteiger partial charge in [0.25, 0.3) is 11.8 Å². The predicted molar refractivity (Wildman–Crippen MR) is 152 cm³/mol. The molecule has 0 spiro atoms. The number of rotatable bonds is 7. The number of aromatic nitrogens is 2. The monoisotopic (exact) mass is 525 g/mol. The van der Waals surface area contributed by atoms with E-state index in [4.69, 9.17) is 4.52 Å². The van der Waals surface area contributed by atoms with E-state index >= 15 is 0 Å². The molecule has 39 heavy (non-hydrogen) atoms. The number of carbonyl (C=O) groups excluding carboxylic acids is 1. The van der Waals surface area contributed by atoms with Crippen LogP contribution in [0.2, 0.25) is 0 Å². The van der Waals surface area contributed by atoms with Gasteiger partial charge in [-0.25, -0.2) is 4.79 Å². The van der Waals surface area contributed by atoms with E-state index in [-0.39, 0.29) is 17.3 Å². The van der Waals surface area contributed by atoms with Gasteiger partial charge in [0.15, 0.2) is 0 Å². The van der Waals surface area contributed by atoms with Crippen LogP contribution < -0.4 is 5.32 Å². The smallest absolute Gasteiger partial charge is 0.326 e. The van der Waals surface area contributed by atoms with Crippen molar-refractivity contribution in [2.24, 2.45) is 0 Å². The van der Waals surface area contributed by atoms with E-state index in [9.17, 15) is 14.7 Å². The van der Waals surface area contributed by atoms with Gasteiger partial charge in [0, 0.05) is 23.1 Å². The van der Waals surface area contributed by atoms with Crippen molar-refractivity contribution in [3.8, 4) is 22.8 Å². The number of nitrogens with one attached hydrogen (secondary N) is 1. The van der Waals surface area contributed by atoms with Gasteiger partial charge in [-0.15, -0.1) is 0 Å². The summed E-state index contributed by atoms with van der Waals surface area (Å²) >= 11 is 0. The number of carboxylic acids is 1. The summed E-state index contributed by atoms with van der Waals surface area (Å²) < 4.78 is 5.48. The molecular weight excluding hydrogens is 490 g/mol. The highest BCUT2D eigenvalue weighted by atomic mass is 16.5. The second-order valence-corrected chi connectivity index (χ2v) is 11.8. The van der Waals surface area contributed by atoms with Crippen LogP contribution in [0.3, 0.4) is 0 Å². The maximum absolute atomic E-state index is 12.7. The van der Waals surface area contributed by atoms with Crippen LogP contribution in [-0.2, 0) is 22.0 Å². The first kappa shape index (κ1) is 27.8. The van der Waals surface area contributed by atoms with E-state index in [0.717, 1.165) is 22.3 Å². The quantitative estimate of drug-likeness (QED) is 0.288. The molecule has 1 aromatic heterocycles. The molecule has 3 aromatic carbocycles. The average Bonchev–Trinajstić information content (AvgIpc) is 3.38.